The third kappa shape index (κ3) is 10.6. The minimum absolute atomic E-state index is 0.0510. The Hall–Kier alpha value is -5.61. The van der Waals surface area contributed by atoms with E-state index in [1.54, 1.807) is 24.3 Å². The molecule has 1 aliphatic carbocycles. The molecule has 4 N–H and O–H groups in total. The van der Waals surface area contributed by atoms with Gasteiger partial charge in [-0.2, -0.15) is 0 Å². The molecule has 1 saturated carbocycles. The van der Waals surface area contributed by atoms with Crippen molar-refractivity contribution in [2.75, 3.05) is 57.7 Å². The van der Waals surface area contributed by atoms with Crippen LogP contribution in [0.2, 0.25) is 0 Å². The first-order valence-electron chi connectivity index (χ1n) is 19.9. The maximum Gasteiger partial charge on any atom is 0.411 e. The summed E-state index contributed by atoms with van der Waals surface area (Å²) in [5.74, 6) is 0.581. The Bertz CT molecular complexity index is 2080. The van der Waals surface area contributed by atoms with Crippen LogP contribution in [0.5, 0.6) is 0 Å². The van der Waals surface area contributed by atoms with Gasteiger partial charge in [-0.3, -0.25) is 14.9 Å². The molecule has 0 unspecified atom stereocenters. The summed E-state index contributed by atoms with van der Waals surface area (Å²) in [6, 6.07) is 41.7. The van der Waals surface area contributed by atoms with Gasteiger partial charge >= 0.3 is 6.09 Å². The first-order chi connectivity index (χ1) is 27.5. The fourth-order valence-electron chi connectivity index (χ4n) is 7.29. The lowest BCUT2D eigenvalue weighted by atomic mass is 9.88. The van der Waals surface area contributed by atoms with E-state index in [2.05, 4.69) is 68.6 Å². The number of hydrogen-bond acceptors (Lipinski definition) is 7. The number of ether oxygens (including phenoxy) is 1. The van der Waals surface area contributed by atoms with E-state index in [0.717, 1.165) is 84.9 Å². The van der Waals surface area contributed by atoms with Gasteiger partial charge in [0.1, 0.15) is 6.10 Å². The molecule has 0 spiro atoms. The van der Waals surface area contributed by atoms with Crippen molar-refractivity contribution in [1.82, 2.24) is 20.9 Å². The number of carbonyl (C=O) groups excluding carboxylic acids is 3. The van der Waals surface area contributed by atoms with Crippen LogP contribution in [0.15, 0.2) is 127 Å². The molecular formula is C47H51N5O4. The first-order valence-corrected chi connectivity index (χ1v) is 19.9. The third-order valence-electron chi connectivity index (χ3n) is 10.5. The van der Waals surface area contributed by atoms with Crippen LogP contribution >= 0.6 is 0 Å². The Balaban J connectivity index is 0.885. The zero-order valence-electron chi connectivity index (χ0n) is 31.8. The number of amides is 2. The SMILES string of the molecule is O=C(Nc1cccc(-c2ccccc2)c1-c1ccccc1-c1ccccc1)OC1CCN(CCNCC(=O)c2cccc(C(=O)NCCNCC3CC3)c2)CC1. The maximum atomic E-state index is 13.5. The number of anilines is 1. The van der Waals surface area contributed by atoms with Crippen LogP contribution in [0.3, 0.4) is 0 Å². The van der Waals surface area contributed by atoms with Crippen LogP contribution in [-0.4, -0.2) is 81.1 Å². The number of Topliss-reactive ketones (excluding diaryl/α,β-unsaturated/α-hetero) is 1. The second-order valence-corrected chi connectivity index (χ2v) is 14.7. The number of carbonyl (C=O) groups is 3. The van der Waals surface area contributed by atoms with E-state index in [1.807, 2.05) is 60.7 Å². The normalized spacial score (nSPS) is 14.6. The second kappa shape index (κ2) is 19.3. The number of likely N-dealkylation sites (tertiary alicyclic amines) is 1. The van der Waals surface area contributed by atoms with Gasteiger partial charge in [-0.1, -0.05) is 109 Å². The third-order valence-corrected chi connectivity index (χ3v) is 10.5. The molecule has 5 aromatic carbocycles. The highest BCUT2D eigenvalue weighted by molar-refractivity contribution is 6.02. The molecule has 0 bridgehead atoms. The average Bonchev–Trinajstić information content (AvgIpc) is 4.08. The van der Waals surface area contributed by atoms with Gasteiger partial charge in [0.25, 0.3) is 5.91 Å². The standard InChI is InChI=1S/C47H51N5O4/c53-44(37-15-9-16-38(31-37)46(54)50-26-25-48-32-34-21-22-34)33-49-27-30-52-28-23-39(24-29-52)56-47(55)51-43-20-10-19-41(36-13-5-2-6-14-36)45(43)42-18-8-7-17-40(42)35-11-3-1-4-12-35/h1-20,31,34,39,48-49H,21-30,32-33H2,(H,50,54)(H,51,55). The molecule has 288 valence electrons. The van der Waals surface area contributed by atoms with E-state index in [4.69, 9.17) is 4.74 Å². The molecule has 7 rings (SSSR count). The monoisotopic (exact) mass is 749 g/mol. The molecule has 1 aliphatic heterocycles. The van der Waals surface area contributed by atoms with Gasteiger partial charge in [0, 0.05) is 56.0 Å². The first kappa shape index (κ1) is 38.7. The molecule has 56 heavy (non-hydrogen) atoms. The smallest absolute Gasteiger partial charge is 0.411 e. The minimum atomic E-state index is -0.463. The molecule has 1 saturated heterocycles. The molecular weight excluding hydrogens is 699 g/mol. The molecule has 0 atom stereocenters. The van der Waals surface area contributed by atoms with Crippen LogP contribution in [0.1, 0.15) is 46.4 Å². The summed E-state index contributed by atoms with van der Waals surface area (Å²) in [7, 11) is 0. The summed E-state index contributed by atoms with van der Waals surface area (Å²) in [5.41, 5.74) is 7.93. The summed E-state index contributed by atoms with van der Waals surface area (Å²) < 4.78 is 6.00. The molecule has 9 nitrogen and oxygen atoms in total. The molecule has 0 radical (unpaired) electrons. The summed E-state index contributed by atoms with van der Waals surface area (Å²) >= 11 is 0. The zero-order chi connectivity index (χ0) is 38.5. The number of nitrogens with zero attached hydrogens (tertiary/aromatic N) is 1. The number of nitrogens with one attached hydrogen (secondary N) is 4. The Morgan fingerprint density at radius 2 is 1.27 bits per heavy atom. The predicted molar refractivity (Wildman–Crippen MR) is 224 cm³/mol. The summed E-state index contributed by atoms with van der Waals surface area (Å²) in [6.45, 7) is 5.51. The second-order valence-electron chi connectivity index (χ2n) is 14.7. The van der Waals surface area contributed by atoms with Crippen LogP contribution in [-0.2, 0) is 4.74 Å². The number of benzene rings is 5. The highest BCUT2D eigenvalue weighted by Gasteiger charge is 2.24. The lowest BCUT2D eigenvalue weighted by Gasteiger charge is -2.31. The molecule has 1 heterocycles. The lowest BCUT2D eigenvalue weighted by molar-refractivity contribution is 0.0593. The van der Waals surface area contributed by atoms with E-state index in [1.165, 1.54) is 12.8 Å². The maximum absolute atomic E-state index is 13.5. The Morgan fingerprint density at radius 1 is 0.625 bits per heavy atom. The van der Waals surface area contributed by atoms with E-state index in [-0.39, 0.29) is 24.3 Å². The quantitative estimate of drug-likeness (QED) is 0.0565. The van der Waals surface area contributed by atoms with Gasteiger partial charge in [-0.25, -0.2) is 4.79 Å². The zero-order valence-corrected chi connectivity index (χ0v) is 31.8. The van der Waals surface area contributed by atoms with Crippen molar-refractivity contribution in [1.29, 1.82) is 0 Å². The van der Waals surface area contributed by atoms with Crippen molar-refractivity contribution in [3.8, 4) is 33.4 Å². The van der Waals surface area contributed by atoms with Crippen molar-refractivity contribution in [2.24, 2.45) is 5.92 Å². The van der Waals surface area contributed by atoms with E-state index in [0.29, 0.717) is 29.9 Å². The van der Waals surface area contributed by atoms with Crippen molar-refractivity contribution in [2.45, 2.75) is 31.8 Å². The number of rotatable bonds is 17. The van der Waals surface area contributed by atoms with Gasteiger partial charge in [0.2, 0.25) is 0 Å². The van der Waals surface area contributed by atoms with Crippen molar-refractivity contribution < 1.29 is 19.1 Å². The molecule has 5 aromatic rings. The highest BCUT2D eigenvalue weighted by atomic mass is 16.6. The minimum Gasteiger partial charge on any atom is -0.446 e. The van der Waals surface area contributed by atoms with Gasteiger partial charge in [-0.05, 0) is 84.2 Å². The predicted octanol–water partition coefficient (Wildman–Crippen LogP) is 7.90. The molecule has 2 aliphatic rings. The van der Waals surface area contributed by atoms with Gasteiger partial charge < -0.3 is 25.6 Å². The highest BCUT2D eigenvalue weighted by Crippen LogP contribution is 2.42. The van der Waals surface area contributed by atoms with Crippen LogP contribution in [0, 0.1) is 5.92 Å². The van der Waals surface area contributed by atoms with Crippen molar-refractivity contribution in [3.63, 3.8) is 0 Å². The van der Waals surface area contributed by atoms with Gasteiger partial charge in [0.05, 0.1) is 12.2 Å². The van der Waals surface area contributed by atoms with Crippen LogP contribution in [0.25, 0.3) is 33.4 Å². The summed E-state index contributed by atoms with van der Waals surface area (Å²) in [5, 5.41) is 12.7. The average molecular weight is 750 g/mol. The van der Waals surface area contributed by atoms with Crippen molar-refractivity contribution in [3.05, 3.63) is 139 Å². The molecule has 2 fully saturated rings. The number of piperidine rings is 1. The number of hydrogen-bond donors (Lipinski definition) is 4. The number of ketones is 1. The van der Waals surface area contributed by atoms with Gasteiger partial charge in [-0.15, -0.1) is 0 Å². The van der Waals surface area contributed by atoms with Crippen LogP contribution in [0.4, 0.5) is 10.5 Å². The summed E-state index contributed by atoms with van der Waals surface area (Å²) in [6.07, 6.45) is 3.39. The molecule has 9 heteroatoms. The van der Waals surface area contributed by atoms with Crippen LogP contribution < -0.4 is 21.3 Å². The lowest BCUT2D eigenvalue weighted by Crippen LogP contribution is -2.42. The fourth-order valence-corrected chi connectivity index (χ4v) is 7.29. The van der Waals surface area contributed by atoms with E-state index >= 15 is 0 Å². The molecule has 0 aromatic heterocycles. The Kier molecular flexibility index (Phi) is 13.3. The van der Waals surface area contributed by atoms with Gasteiger partial charge in [0.15, 0.2) is 5.78 Å². The topological polar surface area (TPSA) is 112 Å². The van der Waals surface area contributed by atoms with E-state index < -0.39 is 6.09 Å². The summed E-state index contributed by atoms with van der Waals surface area (Å²) in [4.78, 5) is 41.3. The Labute approximate surface area is 329 Å². The molecule has 2 amide bonds. The largest absolute Gasteiger partial charge is 0.446 e. The van der Waals surface area contributed by atoms with Crippen molar-refractivity contribution >= 4 is 23.5 Å². The Morgan fingerprint density at radius 3 is 2.00 bits per heavy atom. The fraction of sp³-hybridized carbons (Fsp3) is 0.298. The van der Waals surface area contributed by atoms with E-state index in [9.17, 15) is 14.4 Å².